The number of carbonyl (C=O) groups excluding carboxylic acids is 2. The number of aliphatic hydroxyl groups is 1. The number of ether oxygens (including phenoxy) is 1. The molecule has 0 bridgehead atoms. The fraction of sp³-hybridized carbons (Fsp3) is 0.188. The van der Waals surface area contributed by atoms with Crippen molar-refractivity contribution < 1.29 is 19.4 Å². The predicted molar refractivity (Wildman–Crippen MR) is 84.1 cm³/mol. The lowest BCUT2D eigenvalue weighted by atomic mass is 10.0. The van der Waals surface area contributed by atoms with E-state index in [4.69, 9.17) is 0 Å². The van der Waals surface area contributed by atoms with Crippen LogP contribution >= 0.6 is 0 Å². The minimum atomic E-state index is -0.714. The van der Waals surface area contributed by atoms with Crippen molar-refractivity contribution in [3.63, 3.8) is 0 Å². The molecule has 1 aliphatic carbocycles. The van der Waals surface area contributed by atoms with E-state index in [9.17, 15) is 14.7 Å². The molecule has 0 fully saturated rings. The molecule has 0 aliphatic heterocycles. The van der Waals surface area contributed by atoms with Crippen LogP contribution in [0.25, 0.3) is 0 Å². The molecule has 0 aromatic heterocycles. The molecule has 0 heterocycles. The number of rotatable bonds is 6. The lowest BCUT2D eigenvalue weighted by Crippen LogP contribution is -2.07. The molecule has 2 N–H and O–H groups in total. The Bertz CT molecular complexity index is 610. The largest absolute Gasteiger partial charge is 0.508 e. The molecule has 22 heavy (non-hydrogen) atoms. The van der Waals surface area contributed by atoms with Crippen LogP contribution in [0.1, 0.15) is 12.8 Å². The van der Waals surface area contributed by atoms with E-state index in [1.807, 2.05) is 0 Å². The van der Waals surface area contributed by atoms with Crippen LogP contribution in [0.2, 0.25) is 0 Å². The van der Waals surface area contributed by atoms with E-state index in [1.54, 1.807) is 12.3 Å². The molecule has 0 amide bonds. The van der Waals surface area contributed by atoms with Crippen molar-refractivity contribution in [1.82, 2.24) is 5.43 Å². The standard InChI is InChI=1S/C16H18N2O4/c1-11(8-15(12(2)19)16(21)22-3)9-17-18-10-13-4-6-14(20)7-5-13/h4,6,8-10,18-19H,1-2,5,7H2,3H3/b13-10+,15-8+,17-9+. The Kier molecular flexibility index (Phi) is 6.56. The van der Waals surface area contributed by atoms with Gasteiger partial charge in [0, 0.05) is 12.6 Å². The van der Waals surface area contributed by atoms with Crippen LogP contribution in [0.3, 0.4) is 0 Å². The average molecular weight is 302 g/mol. The van der Waals surface area contributed by atoms with Gasteiger partial charge in [0.15, 0.2) is 5.78 Å². The lowest BCUT2D eigenvalue weighted by Gasteiger charge is -2.05. The number of methoxy groups -OCH3 is 1. The first-order valence-corrected chi connectivity index (χ1v) is 6.49. The van der Waals surface area contributed by atoms with Gasteiger partial charge in [-0.25, -0.2) is 4.79 Å². The maximum Gasteiger partial charge on any atom is 0.341 e. The van der Waals surface area contributed by atoms with Crippen molar-refractivity contribution in [3.05, 3.63) is 60.1 Å². The van der Waals surface area contributed by atoms with Crippen molar-refractivity contribution in [2.75, 3.05) is 7.11 Å². The summed E-state index contributed by atoms with van der Waals surface area (Å²) in [5, 5.41) is 13.2. The molecule has 1 rings (SSSR count). The first kappa shape index (κ1) is 17.2. The molecule has 0 aromatic carbocycles. The molecule has 0 saturated carbocycles. The summed E-state index contributed by atoms with van der Waals surface area (Å²) >= 11 is 0. The van der Waals surface area contributed by atoms with Gasteiger partial charge >= 0.3 is 5.97 Å². The molecule has 0 atom stereocenters. The van der Waals surface area contributed by atoms with E-state index >= 15 is 0 Å². The predicted octanol–water partition coefficient (Wildman–Crippen LogP) is 2.09. The summed E-state index contributed by atoms with van der Waals surface area (Å²) in [6, 6.07) is 0. The molecular weight excluding hydrogens is 284 g/mol. The number of hydrogen-bond acceptors (Lipinski definition) is 6. The molecule has 0 radical (unpaired) electrons. The summed E-state index contributed by atoms with van der Waals surface area (Å²) in [5.41, 5.74) is 3.94. The zero-order chi connectivity index (χ0) is 16.5. The molecular formula is C16H18N2O4. The van der Waals surface area contributed by atoms with E-state index in [1.165, 1.54) is 25.5 Å². The first-order chi connectivity index (χ1) is 10.4. The quantitative estimate of drug-likeness (QED) is 0.196. The number of nitrogens with zero attached hydrogens (tertiary/aromatic N) is 1. The van der Waals surface area contributed by atoms with Gasteiger partial charge in [0.2, 0.25) is 0 Å². The second-order valence-corrected chi connectivity index (χ2v) is 4.48. The third kappa shape index (κ3) is 5.62. The molecule has 1 aliphatic rings. The van der Waals surface area contributed by atoms with Gasteiger partial charge in [-0.15, -0.1) is 0 Å². The van der Waals surface area contributed by atoms with Crippen LogP contribution in [-0.2, 0) is 14.3 Å². The van der Waals surface area contributed by atoms with Gasteiger partial charge in [0.05, 0.1) is 13.3 Å². The number of ketones is 1. The highest BCUT2D eigenvalue weighted by molar-refractivity contribution is 5.95. The molecule has 116 valence electrons. The number of nitrogens with one attached hydrogen (secondary N) is 1. The first-order valence-electron chi connectivity index (χ1n) is 6.49. The number of hydrazone groups is 1. The molecule has 0 unspecified atom stereocenters. The van der Waals surface area contributed by atoms with Gasteiger partial charge in [-0.05, 0) is 29.7 Å². The fourth-order valence-corrected chi connectivity index (χ4v) is 1.59. The minimum absolute atomic E-state index is 0.0916. The number of esters is 1. The molecule has 0 aromatic rings. The maximum atomic E-state index is 11.4. The smallest absolute Gasteiger partial charge is 0.341 e. The number of allylic oxidation sites excluding steroid dienone is 5. The molecule has 6 heteroatoms. The van der Waals surface area contributed by atoms with Crippen molar-refractivity contribution in [1.29, 1.82) is 0 Å². The highest BCUT2D eigenvalue weighted by Gasteiger charge is 2.12. The maximum absolute atomic E-state index is 11.4. The van der Waals surface area contributed by atoms with Crippen LogP contribution in [-0.4, -0.2) is 30.2 Å². The Morgan fingerprint density at radius 2 is 2.14 bits per heavy atom. The normalized spacial score (nSPS) is 16.9. The van der Waals surface area contributed by atoms with Crippen LogP contribution in [0.15, 0.2) is 65.2 Å². The molecule has 0 saturated heterocycles. The zero-order valence-electron chi connectivity index (χ0n) is 12.3. The van der Waals surface area contributed by atoms with Gasteiger partial charge in [-0.1, -0.05) is 19.2 Å². The number of aliphatic hydroxyl groups excluding tert-OH is 1. The number of hydrogen-bond donors (Lipinski definition) is 2. The summed E-state index contributed by atoms with van der Waals surface area (Å²) in [7, 11) is 1.20. The average Bonchev–Trinajstić information content (AvgIpc) is 2.50. The van der Waals surface area contributed by atoms with Crippen LogP contribution in [0.5, 0.6) is 0 Å². The SMILES string of the molecule is C=C(/C=N/N/C=C1\C=CC(=O)CC1)/C=C(\C(=C)O)C(=O)OC. The number of carbonyl (C=O) groups is 2. The zero-order valence-corrected chi connectivity index (χ0v) is 12.3. The van der Waals surface area contributed by atoms with Crippen LogP contribution < -0.4 is 5.43 Å². The van der Waals surface area contributed by atoms with Crippen molar-refractivity contribution in [3.8, 4) is 0 Å². The highest BCUT2D eigenvalue weighted by atomic mass is 16.5. The van der Waals surface area contributed by atoms with Gasteiger partial charge in [0.25, 0.3) is 0 Å². The second kappa shape index (κ2) is 8.41. The van der Waals surface area contributed by atoms with E-state index < -0.39 is 11.7 Å². The Balaban J connectivity index is 2.62. The van der Waals surface area contributed by atoms with Gasteiger partial charge in [-0.2, -0.15) is 5.10 Å². The fourth-order valence-electron chi connectivity index (χ4n) is 1.59. The third-order valence-electron chi connectivity index (χ3n) is 2.74. The summed E-state index contributed by atoms with van der Waals surface area (Å²) < 4.78 is 4.51. The topological polar surface area (TPSA) is 88.0 Å². The lowest BCUT2D eigenvalue weighted by molar-refractivity contribution is -0.136. The Hall–Kier alpha value is -2.89. The second-order valence-electron chi connectivity index (χ2n) is 4.48. The molecule has 0 spiro atoms. The minimum Gasteiger partial charge on any atom is -0.508 e. The Labute approximate surface area is 128 Å². The highest BCUT2D eigenvalue weighted by Crippen LogP contribution is 2.12. The molecule has 6 nitrogen and oxygen atoms in total. The summed E-state index contributed by atoms with van der Waals surface area (Å²) in [6.07, 6.45) is 8.76. The third-order valence-corrected chi connectivity index (χ3v) is 2.74. The van der Waals surface area contributed by atoms with E-state index in [2.05, 4.69) is 28.4 Å². The summed E-state index contributed by atoms with van der Waals surface area (Å²) in [6.45, 7) is 6.96. The van der Waals surface area contributed by atoms with Crippen molar-refractivity contribution in [2.24, 2.45) is 5.10 Å². The Morgan fingerprint density at radius 3 is 2.68 bits per heavy atom. The van der Waals surface area contributed by atoms with Crippen molar-refractivity contribution >= 4 is 18.0 Å². The Morgan fingerprint density at radius 1 is 1.41 bits per heavy atom. The summed E-state index contributed by atoms with van der Waals surface area (Å²) in [5.74, 6) is -1.01. The van der Waals surface area contributed by atoms with Gasteiger partial charge in [0.1, 0.15) is 11.3 Å². The van der Waals surface area contributed by atoms with Gasteiger partial charge in [-0.3, -0.25) is 10.2 Å². The van der Waals surface area contributed by atoms with E-state index in [-0.39, 0.29) is 11.4 Å². The van der Waals surface area contributed by atoms with E-state index in [0.29, 0.717) is 18.4 Å². The monoisotopic (exact) mass is 302 g/mol. The summed E-state index contributed by atoms with van der Waals surface area (Å²) in [4.78, 5) is 22.4. The van der Waals surface area contributed by atoms with Crippen LogP contribution in [0.4, 0.5) is 0 Å². The van der Waals surface area contributed by atoms with Gasteiger partial charge < -0.3 is 9.84 Å². The van der Waals surface area contributed by atoms with Crippen LogP contribution in [0, 0.1) is 0 Å². The van der Waals surface area contributed by atoms with Crippen molar-refractivity contribution in [2.45, 2.75) is 12.8 Å². The van der Waals surface area contributed by atoms with E-state index in [0.717, 1.165) is 5.57 Å².